The first-order valence-corrected chi connectivity index (χ1v) is 7.63. The molecule has 3 aromatic rings. The minimum Gasteiger partial charge on any atom is -0.492 e. The maximum atomic E-state index is 5.81. The number of unbranched alkanes of at least 4 members (excludes halogenated alkanes) is 1. The fraction of sp³-hybridized carbons (Fsp3) is 0.333. The van der Waals surface area contributed by atoms with Gasteiger partial charge in [-0.2, -0.15) is 0 Å². The average molecular weight is 283 g/mol. The van der Waals surface area contributed by atoms with Crippen LogP contribution in [0.1, 0.15) is 19.8 Å². The van der Waals surface area contributed by atoms with Crippen LogP contribution in [0.3, 0.4) is 0 Å². The summed E-state index contributed by atoms with van der Waals surface area (Å²) in [4.78, 5) is 0. The van der Waals surface area contributed by atoms with Crippen LogP contribution >= 0.6 is 0 Å². The normalized spacial score (nSPS) is 11.3. The molecule has 1 aromatic heterocycles. The molecule has 0 radical (unpaired) electrons. The Kier molecular flexibility index (Phi) is 4.41. The highest BCUT2D eigenvalue weighted by atomic mass is 16.5. The molecule has 0 bridgehead atoms. The zero-order valence-electron chi connectivity index (χ0n) is 12.4. The van der Waals surface area contributed by atoms with Crippen LogP contribution in [0.2, 0.25) is 0 Å². The second kappa shape index (κ2) is 6.64. The molecule has 2 aromatic carbocycles. The lowest BCUT2D eigenvalue weighted by atomic mass is 10.1. The Bertz CT molecular complexity index is 717. The Morgan fingerprint density at radius 3 is 2.76 bits per heavy atom. The van der Waals surface area contributed by atoms with Gasteiger partial charge in [0.05, 0.1) is 0 Å². The second-order valence-electron chi connectivity index (χ2n) is 5.21. The summed E-state index contributed by atoms with van der Waals surface area (Å²) in [6.45, 7) is 4.82. The maximum absolute atomic E-state index is 5.81. The monoisotopic (exact) mass is 283 g/mol. The predicted molar refractivity (Wildman–Crippen MR) is 87.0 cm³/mol. The summed E-state index contributed by atoms with van der Waals surface area (Å²) in [7, 11) is 0. The van der Waals surface area contributed by atoms with Crippen molar-refractivity contribution < 1.29 is 9.15 Å². The van der Waals surface area contributed by atoms with E-state index in [1.807, 2.05) is 30.3 Å². The number of benzene rings is 2. The van der Waals surface area contributed by atoms with Crippen LogP contribution < -0.4 is 10.1 Å². The van der Waals surface area contributed by atoms with Crippen LogP contribution in [0.5, 0.6) is 5.75 Å². The van der Waals surface area contributed by atoms with Crippen LogP contribution in [0.15, 0.2) is 46.9 Å². The van der Waals surface area contributed by atoms with Crippen molar-refractivity contribution in [2.45, 2.75) is 19.8 Å². The molecule has 1 heterocycles. The topological polar surface area (TPSA) is 34.4 Å². The molecule has 1 N–H and O–H groups in total. The first-order valence-electron chi connectivity index (χ1n) is 7.63. The van der Waals surface area contributed by atoms with Crippen molar-refractivity contribution in [3.05, 3.63) is 42.5 Å². The molecule has 0 saturated carbocycles. The zero-order valence-corrected chi connectivity index (χ0v) is 12.4. The van der Waals surface area contributed by atoms with E-state index in [4.69, 9.17) is 9.15 Å². The van der Waals surface area contributed by atoms with E-state index in [1.54, 1.807) is 0 Å². The number of ether oxygens (including phenoxy) is 1. The minimum absolute atomic E-state index is 0.686. The van der Waals surface area contributed by atoms with E-state index in [1.165, 1.54) is 12.8 Å². The summed E-state index contributed by atoms with van der Waals surface area (Å²) in [5, 5.41) is 5.63. The van der Waals surface area contributed by atoms with Crippen molar-refractivity contribution >= 4 is 21.9 Å². The molecule has 21 heavy (non-hydrogen) atoms. The van der Waals surface area contributed by atoms with Crippen molar-refractivity contribution in [1.29, 1.82) is 0 Å². The molecule has 0 saturated heterocycles. The van der Waals surface area contributed by atoms with Gasteiger partial charge in [0.15, 0.2) is 0 Å². The van der Waals surface area contributed by atoms with Crippen molar-refractivity contribution in [2.75, 3.05) is 19.7 Å². The van der Waals surface area contributed by atoms with Gasteiger partial charge in [-0.15, -0.1) is 0 Å². The third-order valence-electron chi connectivity index (χ3n) is 3.60. The first-order chi connectivity index (χ1) is 10.4. The SMILES string of the molecule is CCCCNCCOc1ccc2oc3ccccc3c2c1. The van der Waals surface area contributed by atoms with Crippen LogP contribution in [0.25, 0.3) is 21.9 Å². The largest absolute Gasteiger partial charge is 0.492 e. The Balaban J connectivity index is 1.68. The Labute approximate surface area is 124 Å². The van der Waals surface area contributed by atoms with Gasteiger partial charge in [0.25, 0.3) is 0 Å². The molecule has 3 rings (SSSR count). The predicted octanol–water partition coefficient (Wildman–Crippen LogP) is 4.35. The Morgan fingerprint density at radius 1 is 1.00 bits per heavy atom. The smallest absolute Gasteiger partial charge is 0.135 e. The molecule has 0 aliphatic rings. The van der Waals surface area contributed by atoms with E-state index < -0.39 is 0 Å². The zero-order chi connectivity index (χ0) is 14.5. The van der Waals surface area contributed by atoms with Crippen molar-refractivity contribution in [3.63, 3.8) is 0 Å². The fourth-order valence-corrected chi connectivity index (χ4v) is 2.46. The third kappa shape index (κ3) is 3.19. The number of nitrogens with one attached hydrogen (secondary N) is 1. The number of furan rings is 1. The van der Waals surface area contributed by atoms with Crippen LogP contribution in [0.4, 0.5) is 0 Å². The molecule has 0 spiro atoms. The van der Waals surface area contributed by atoms with Gasteiger partial charge in [0.2, 0.25) is 0 Å². The van der Waals surface area contributed by atoms with Gasteiger partial charge in [-0.25, -0.2) is 0 Å². The van der Waals surface area contributed by atoms with Crippen LogP contribution in [-0.4, -0.2) is 19.7 Å². The van der Waals surface area contributed by atoms with Crippen molar-refractivity contribution in [1.82, 2.24) is 5.32 Å². The molecule has 3 nitrogen and oxygen atoms in total. The molecule has 0 fully saturated rings. The minimum atomic E-state index is 0.686. The molecule has 0 atom stereocenters. The van der Waals surface area contributed by atoms with Gasteiger partial charge < -0.3 is 14.5 Å². The standard InChI is InChI=1S/C18H21NO2/c1-2-3-10-19-11-12-20-14-8-9-18-16(13-14)15-6-4-5-7-17(15)21-18/h4-9,13,19H,2-3,10-12H2,1H3. The third-order valence-corrected chi connectivity index (χ3v) is 3.60. The molecule has 3 heteroatoms. The van der Waals surface area contributed by atoms with Crippen molar-refractivity contribution in [3.8, 4) is 5.75 Å². The van der Waals surface area contributed by atoms with Gasteiger partial charge in [-0.1, -0.05) is 31.5 Å². The summed E-state index contributed by atoms with van der Waals surface area (Å²) in [6.07, 6.45) is 2.44. The quantitative estimate of drug-likeness (QED) is 0.654. The second-order valence-corrected chi connectivity index (χ2v) is 5.21. The maximum Gasteiger partial charge on any atom is 0.135 e. The van der Waals surface area contributed by atoms with Crippen molar-refractivity contribution in [2.24, 2.45) is 0 Å². The highest BCUT2D eigenvalue weighted by Crippen LogP contribution is 2.31. The van der Waals surface area contributed by atoms with Gasteiger partial charge in [0.1, 0.15) is 23.5 Å². The van der Waals surface area contributed by atoms with Gasteiger partial charge in [0, 0.05) is 17.3 Å². The molecular formula is C18H21NO2. The summed E-state index contributed by atoms with van der Waals surface area (Å²) in [5.41, 5.74) is 1.83. The van der Waals surface area contributed by atoms with Crippen LogP contribution in [-0.2, 0) is 0 Å². The van der Waals surface area contributed by atoms with Gasteiger partial charge >= 0.3 is 0 Å². The molecule has 0 aliphatic heterocycles. The van der Waals surface area contributed by atoms with E-state index in [-0.39, 0.29) is 0 Å². The summed E-state index contributed by atoms with van der Waals surface area (Å²) < 4.78 is 11.6. The number of fused-ring (bicyclic) bond motifs is 3. The van der Waals surface area contributed by atoms with E-state index in [0.717, 1.165) is 40.8 Å². The first kappa shape index (κ1) is 14.0. The summed E-state index contributed by atoms with van der Waals surface area (Å²) in [5.74, 6) is 0.895. The lowest BCUT2D eigenvalue weighted by molar-refractivity contribution is 0.314. The lowest BCUT2D eigenvalue weighted by Gasteiger charge is -2.07. The Morgan fingerprint density at radius 2 is 1.86 bits per heavy atom. The lowest BCUT2D eigenvalue weighted by Crippen LogP contribution is -2.21. The fourth-order valence-electron chi connectivity index (χ4n) is 2.46. The number of para-hydroxylation sites is 1. The average Bonchev–Trinajstić information content (AvgIpc) is 2.89. The number of hydrogen-bond donors (Lipinski definition) is 1. The van der Waals surface area contributed by atoms with E-state index in [0.29, 0.717) is 6.61 Å². The van der Waals surface area contributed by atoms with E-state index >= 15 is 0 Å². The molecular weight excluding hydrogens is 262 g/mol. The number of hydrogen-bond acceptors (Lipinski definition) is 3. The molecule has 0 aliphatic carbocycles. The highest BCUT2D eigenvalue weighted by molar-refractivity contribution is 6.05. The van der Waals surface area contributed by atoms with E-state index in [2.05, 4.69) is 24.4 Å². The molecule has 110 valence electrons. The van der Waals surface area contributed by atoms with Gasteiger partial charge in [-0.3, -0.25) is 0 Å². The molecule has 0 unspecified atom stereocenters. The Hall–Kier alpha value is -2.00. The van der Waals surface area contributed by atoms with E-state index in [9.17, 15) is 0 Å². The summed E-state index contributed by atoms with van der Waals surface area (Å²) in [6, 6.07) is 14.1. The highest BCUT2D eigenvalue weighted by Gasteiger charge is 2.07. The number of rotatable bonds is 7. The van der Waals surface area contributed by atoms with Gasteiger partial charge in [-0.05, 0) is 37.2 Å². The summed E-state index contributed by atoms with van der Waals surface area (Å²) >= 11 is 0. The van der Waals surface area contributed by atoms with Crippen LogP contribution in [0, 0.1) is 0 Å². The molecule has 0 amide bonds.